The van der Waals surface area contributed by atoms with Crippen molar-refractivity contribution >= 4 is 27.5 Å². The Labute approximate surface area is 150 Å². The summed E-state index contributed by atoms with van der Waals surface area (Å²) in [6.45, 7) is 1.82. The molecule has 1 saturated heterocycles. The monoisotopic (exact) mass is 391 g/mol. The number of hydrogen-bond donors (Lipinski definition) is 2. The number of ether oxygens (including phenoxy) is 1. The zero-order valence-corrected chi connectivity index (χ0v) is 14.9. The average molecular weight is 391 g/mol. The fourth-order valence-electron chi connectivity index (χ4n) is 2.93. The van der Waals surface area contributed by atoms with Crippen LogP contribution in [-0.2, 0) is 6.18 Å². The van der Waals surface area contributed by atoms with Crippen molar-refractivity contribution in [2.75, 3.05) is 20.1 Å². The molecule has 1 amide bonds. The Kier molecular flexibility index (Phi) is 5.07. The van der Waals surface area contributed by atoms with Gasteiger partial charge in [0.25, 0.3) is 5.91 Å². The van der Waals surface area contributed by atoms with E-state index in [4.69, 9.17) is 4.74 Å². The highest BCUT2D eigenvalue weighted by Gasteiger charge is 2.39. The van der Waals surface area contributed by atoms with Crippen LogP contribution in [0.5, 0.6) is 5.88 Å². The Bertz CT molecular complexity index is 837. The topological polar surface area (TPSA) is 63.2 Å². The predicted molar refractivity (Wildman–Crippen MR) is 89.5 cm³/mol. The van der Waals surface area contributed by atoms with Crippen LogP contribution in [0.3, 0.4) is 0 Å². The highest BCUT2D eigenvalue weighted by atomic mass is 32.1. The highest BCUT2D eigenvalue weighted by Crippen LogP contribution is 2.43. The molecular weight excluding hydrogens is 374 g/mol. The van der Waals surface area contributed by atoms with E-state index in [9.17, 15) is 22.4 Å². The maximum absolute atomic E-state index is 14.0. The van der Waals surface area contributed by atoms with E-state index < -0.39 is 29.9 Å². The molecule has 26 heavy (non-hydrogen) atoms. The van der Waals surface area contributed by atoms with Crippen LogP contribution in [-0.4, -0.2) is 43.3 Å². The van der Waals surface area contributed by atoms with E-state index in [1.165, 1.54) is 19.4 Å². The molecule has 2 atom stereocenters. The average Bonchev–Trinajstić information content (AvgIpc) is 2.98. The summed E-state index contributed by atoms with van der Waals surface area (Å²) >= 11 is 0.798. The minimum absolute atomic E-state index is 0.0324. The van der Waals surface area contributed by atoms with Gasteiger partial charge in [-0.1, -0.05) is 0 Å². The lowest BCUT2D eigenvalue weighted by Gasteiger charge is -2.28. The Morgan fingerprint density at radius 2 is 2.19 bits per heavy atom. The lowest BCUT2D eigenvalue weighted by atomic mass is 10.1. The number of rotatable bonds is 3. The molecule has 3 rings (SSSR count). The van der Waals surface area contributed by atoms with Gasteiger partial charge in [-0.25, -0.2) is 9.37 Å². The second kappa shape index (κ2) is 6.99. The Morgan fingerprint density at radius 1 is 1.46 bits per heavy atom. The standard InChI is InChI=1S/C16H17F4N3O2S/c1-7-11(16(18,19)20)13-12(8(6-26-13)14(24)21-2)23-15(7)25-10-3-4-22-5-9(10)17/h6,9-10,22H,3-5H2,1-2H3,(H,21,24). The zero-order valence-electron chi connectivity index (χ0n) is 14.0. The molecule has 0 spiro atoms. The number of alkyl halides is 4. The molecule has 0 radical (unpaired) electrons. The van der Waals surface area contributed by atoms with E-state index in [1.807, 2.05) is 0 Å². The van der Waals surface area contributed by atoms with Gasteiger partial charge in [-0.3, -0.25) is 4.79 Å². The number of thiophene rings is 1. The fraction of sp³-hybridized carbons (Fsp3) is 0.500. The summed E-state index contributed by atoms with van der Waals surface area (Å²) in [6.07, 6.45) is -6.58. The molecule has 5 nitrogen and oxygen atoms in total. The van der Waals surface area contributed by atoms with Crippen molar-refractivity contribution in [3.63, 3.8) is 0 Å². The Balaban J connectivity index is 2.15. The Hall–Kier alpha value is -1.94. The van der Waals surface area contributed by atoms with Gasteiger partial charge in [0.1, 0.15) is 12.3 Å². The quantitative estimate of drug-likeness (QED) is 0.790. The van der Waals surface area contributed by atoms with E-state index in [-0.39, 0.29) is 33.8 Å². The van der Waals surface area contributed by atoms with Gasteiger partial charge in [0.05, 0.1) is 21.3 Å². The van der Waals surface area contributed by atoms with Crippen LogP contribution in [0, 0.1) is 6.92 Å². The van der Waals surface area contributed by atoms with Crippen LogP contribution in [0.4, 0.5) is 17.6 Å². The minimum atomic E-state index is -4.66. The van der Waals surface area contributed by atoms with Gasteiger partial charge in [0.15, 0.2) is 0 Å². The summed E-state index contributed by atoms with van der Waals surface area (Å²) in [5.41, 5.74) is -1.17. The first-order chi connectivity index (χ1) is 12.2. The zero-order chi connectivity index (χ0) is 19.1. The SMILES string of the molecule is CNC(=O)c1csc2c(C(F)(F)F)c(C)c(OC3CCNCC3F)nc12. The molecule has 0 aliphatic carbocycles. The number of hydrogen-bond acceptors (Lipinski definition) is 5. The second-order valence-corrected chi connectivity index (χ2v) is 6.87. The summed E-state index contributed by atoms with van der Waals surface area (Å²) in [5, 5.41) is 6.56. The number of halogens is 4. The molecular formula is C16H17F4N3O2S. The molecule has 3 heterocycles. The maximum atomic E-state index is 14.0. The van der Waals surface area contributed by atoms with Crippen molar-refractivity contribution < 1.29 is 27.1 Å². The summed E-state index contributed by atoms with van der Waals surface area (Å²) in [4.78, 5) is 16.1. The summed E-state index contributed by atoms with van der Waals surface area (Å²) in [5.74, 6) is -0.833. The van der Waals surface area contributed by atoms with Crippen molar-refractivity contribution in [1.82, 2.24) is 15.6 Å². The third-order valence-electron chi connectivity index (χ3n) is 4.27. The van der Waals surface area contributed by atoms with Crippen molar-refractivity contribution in [1.29, 1.82) is 0 Å². The molecule has 2 aromatic heterocycles. The predicted octanol–water partition coefficient (Wildman–Crippen LogP) is 3.06. The van der Waals surface area contributed by atoms with E-state index in [0.717, 1.165) is 11.3 Å². The number of nitrogens with one attached hydrogen (secondary N) is 2. The third-order valence-corrected chi connectivity index (χ3v) is 5.25. The molecule has 2 aromatic rings. The molecule has 2 unspecified atom stereocenters. The van der Waals surface area contributed by atoms with E-state index >= 15 is 0 Å². The summed E-state index contributed by atoms with van der Waals surface area (Å²) in [6, 6.07) is 0. The number of carbonyl (C=O) groups is 1. The number of fused-ring (bicyclic) bond motifs is 1. The fourth-order valence-corrected chi connectivity index (χ4v) is 4.04. The van der Waals surface area contributed by atoms with Crippen LogP contribution in [0.15, 0.2) is 5.38 Å². The van der Waals surface area contributed by atoms with Crippen LogP contribution < -0.4 is 15.4 Å². The molecule has 10 heteroatoms. The summed E-state index contributed by atoms with van der Waals surface area (Å²) < 4.78 is 60.3. The molecule has 1 aliphatic rings. The minimum Gasteiger partial charge on any atom is -0.471 e. The Morgan fingerprint density at radius 3 is 2.81 bits per heavy atom. The number of carbonyl (C=O) groups excluding carboxylic acids is 1. The number of pyridine rings is 1. The van der Waals surface area contributed by atoms with Crippen molar-refractivity contribution in [2.24, 2.45) is 0 Å². The van der Waals surface area contributed by atoms with Crippen molar-refractivity contribution in [2.45, 2.75) is 31.8 Å². The molecule has 142 valence electrons. The van der Waals surface area contributed by atoms with Crippen molar-refractivity contribution in [3.8, 4) is 5.88 Å². The van der Waals surface area contributed by atoms with Gasteiger partial charge in [0, 0.05) is 24.5 Å². The maximum Gasteiger partial charge on any atom is 0.418 e. The third kappa shape index (κ3) is 3.35. The van der Waals surface area contributed by atoms with E-state index in [1.54, 1.807) is 0 Å². The van der Waals surface area contributed by atoms with E-state index in [0.29, 0.717) is 13.0 Å². The number of piperidine rings is 1. The first-order valence-corrected chi connectivity index (χ1v) is 8.84. The van der Waals surface area contributed by atoms with Gasteiger partial charge in [-0.15, -0.1) is 11.3 Å². The molecule has 0 aromatic carbocycles. The molecule has 0 bridgehead atoms. The van der Waals surface area contributed by atoms with Gasteiger partial charge in [0.2, 0.25) is 5.88 Å². The largest absolute Gasteiger partial charge is 0.471 e. The van der Waals surface area contributed by atoms with E-state index in [2.05, 4.69) is 15.6 Å². The van der Waals surface area contributed by atoms with Crippen LogP contribution >= 0.6 is 11.3 Å². The van der Waals surface area contributed by atoms with Crippen LogP contribution in [0.1, 0.15) is 27.9 Å². The molecule has 2 N–H and O–H groups in total. The van der Waals surface area contributed by atoms with Crippen LogP contribution in [0.2, 0.25) is 0 Å². The lowest BCUT2D eigenvalue weighted by molar-refractivity contribution is -0.136. The molecule has 1 aliphatic heterocycles. The first kappa shape index (κ1) is 18.8. The van der Waals surface area contributed by atoms with Gasteiger partial charge < -0.3 is 15.4 Å². The smallest absolute Gasteiger partial charge is 0.418 e. The highest BCUT2D eigenvalue weighted by molar-refractivity contribution is 7.17. The lowest BCUT2D eigenvalue weighted by Crippen LogP contribution is -2.44. The first-order valence-electron chi connectivity index (χ1n) is 7.96. The van der Waals surface area contributed by atoms with Crippen molar-refractivity contribution in [3.05, 3.63) is 22.1 Å². The molecule has 0 saturated carbocycles. The van der Waals surface area contributed by atoms with Crippen LogP contribution in [0.25, 0.3) is 10.2 Å². The normalized spacial score (nSPS) is 21.0. The number of amides is 1. The van der Waals surface area contributed by atoms with Gasteiger partial charge in [-0.05, 0) is 19.9 Å². The number of aromatic nitrogens is 1. The molecule has 1 fully saturated rings. The second-order valence-electron chi connectivity index (χ2n) is 5.99. The number of nitrogens with zero attached hydrogens (tertiary/aromatic N) is 1. The van der Waals surface area contributed by atoms with Gasteiger partial charge in [-0.2, -0.15) is 13.2 Å². The van der Waals surface area contributed by atoms with Gasteiger partial charge >= 0.3 is 6.18 Å². The summed E-state index contributed by atoms with van der Waals surface area (Å²) in [7, 11) is 1.38.